The molecule has 1 unspecified atom stereocenters. The first-order chi connectivity index (χ1) is 16.0. The summed E-state index contributed by atoms with van der Waals surface area (Å²) in [5, 5.41) is 5.00. The van der Waals surface area contributed by atoms with Crippen LogP contribution in [0, 0.1) is 12.7 Å². The number of thiazole rings is 1. The van der Waals surface area contributed by atoms with E-state index in [1.807, 2.05) is 36.6 Å². The Morgan fingerprint density at radius 1 is 1.15 bits per heavy atom. The Morgan fingerprint density at radius 2 is 1.94 bits per heavy atom. The zero-order valence-corrected chi connectivity index (χ0v) is 19.5. The lowest BCUT2D eigenvalue weighted by Crippen LogP contribution is -2.48. The highest BCUT2D eigenvalue weighted by Gasteiger charge is 2.35. The average molecular weight is 466 g/mol. The van der Waals surface area contributed by atoms with Crippen molar-refractivity contribution in [3.05, 3.63) is 82.1 Å². The smallest absolute Gasteiger partial charge is 0.248 e. The van der Waals surface area contributed by atoms with E-state index in [1.54, 1.807) is 17.6 Å². The number of anilines is 1. The molecule has 2 amide bonds. The van der Waals surface area contributed by atoms with Crippen molar-refractivity contribution in [2.75, 3.05) is 4.90 Å². The molecular formula is C26H28FN3O2S. The monoisotopic (exact) mass is 465 g/mol. The summed E-state index contributed by atoms with van der Waals surface area (Å²) >= 11 is 1.41. The first-order valence-corrected chi connectivity index (χ1v) is 12.3. The molecule has 0 radical (unpaired) electrons. The standard InChI is InChI=1S/C26H28FN3O2S/c1-18-8-5-6-13-23(18)25(26(32)29-20-10-3-2-4-11-20)30(22-12-7-9-19(27)14-22)24(31)15-21-16-33-17-28-21/h5-9,12-14,16-17,20,25H,2-4,10-11,15H2,1H3,(H,29,32). The van der Waals surface area contributed by atoms with Gasteiger partial charge in [0.05, 0.1) is 17.6 Å². The highest BCUT2D eigenvalue weighted by atomic mass is 32.1. The summed E-state index contributed by atoms with van der Waals surface area (Å²) < 4.78 is 14.2. The molecule has 1 aliphatic rings. The maximum absolute atomic E-state index is 14.2. The zero-order valence-electron chi connectivity index (χ0n) is 18.7. The molecule has 1 aromatic heterocycles. The highest BCUT2D eigenvalue weighted by Crippen LogP contribution is 2.32. The minimum absolute atomic E-state index is 0.0269. The van der Waals surface area contributed by atoms with Crippen molar-refractivity contribution >= 4 is 28.8 Å². The van der Waals surface area contributed by atoms with Crippen LogP contribution in [0.2, 0.25) is 0 Å². The van der Waals surface area contributed by atoms with Gasteiger partial charge in [-0.15, -0.1) is 11.3 Å². The molecule has 1 heterocycles. The summed E-state index contributed by atoms with van der Waals surface area (Å²) in [6, 6.07) is 12.6. The number of rotatable bonds is 7. The summed E-state index contributed by atoms with van der Waals surface area (Å²) in [7, 11) is 0. The largest absolute Gasteiger partial charge is 0.351 e. The predicted octanol–water partition coefficient (Wildman–Crippen LogP) is 5.36. The molecule has 1 N–H and O–H groups in total. The molecule has 0 spiro atoms. The molecule has 33 heavy (non-hydrogen) atoms. The maximum Gasteiger partial charge on any atom is 0.248 e. The fraction of sp³-hybridized carbons (Fsp3) is 0.346. The number of benzene rings is 2. The average Bonchev–Trinajstić information content (AvgIpc) is 3.31. The topological polar surface area (TPSA) is 62.3 Å². The third kappa shape index (κ3) is 5.66. The van der Waals surface area contributed by atoms with Crippen LogP contribution in [0.15, 0.2) is 59.4 Å². The van der Waals surface area contributed by atoms with Gasteiger partial charge in [-0.1, -0.05) is 49.6 Å². The van der Waals surface area contributed by atoms with Gasteiger partial charge in [0.2, 0.25) is 11.8 Å². The third-order valence-corrected chi connectivity index (χ3v) is 6.75. The quantitative estimate of drug-likeness (QED) is 0.511. The lowest BCUT2D eigenvalue weighted by molar-refractivity contribution is -0.127. The minimum Gasteiger partial charge on any atom is -0.351 e. The van der Waals surface area contributed by atoms with E-state index >= 15 is 0 Å². The van der Waals surface area contributed by atoms with Crippen molar-refractivity contribution < 1.29 is 14.0 Å². The molecule has 1 saturated carbocycles. The van der Waals surface area contributed by atoms with Gasteiger partial charge >= 0.3 is 0 Å². The molecule has 0 saturated heterocycles. The van der Waals surface area contributed by atoms with E-state index in [4.69, 9.17) is 0 Å². The van der Waals surface area contributed by atoms with Crippen LogP contribution in [0.4, 0.5) is 10.1 Å². The van der Waals surface area contributed by atoms with Crippen LogP contribution in [0.25, 0.3) is 0 Å². The number of carbonyl (C=O) groups excluding carboxylic acids is 2. The maximum atomic E-state index is 14.2. The van der Waals surface area contributed by atoms with Crippen LogP contribution in [0.3, 0.4) is 0 Å². The van der Waals surface area contributed by atoms with E-state index in [9.17, 15) is 14.0 Å². The van der Waals surface area contributed by atoms with Crippen molar-refractivity contribution in [1.82, 2.24) is 10.3 Å². The van der Waals surface area contributed by atoms with E-state index in [0.717, 1.165) is 36.8 Å². The van der Waals surface area contributed by atoms with E-state index in [1.165, 1.54) is 34.8 Å². The van der Waals surface area contributed by atoms with Crippen LogP contribution < -0.4 is 10.2 Å². The van der Waals surface area contributed by atoms with Crippen LogP contribution in [-0.4, -0.2) is 22.8 Å². The molecule has 7 heteroatoms. The summed E-state index contributed by atoms with van der Waals surface area (Å²) in [5.74, 6) is -1.01. The summed E-state index contributed by atoms with van der Waals surface area (Å²) in [6.45, 7) is 1.92. The first-order valence-electron chi connectivity index (χ1n) is 11.3. The molecule has 0 bridgehead atoms. The number of nitrogens with one attached hydrogen (secondary N) is 1. The van der Waals surface area contributed by atoms with Gasteiger partial charge in [-0.2, -0.15) is 0 Å². The molecule has 1 aliphatic carbocycles. The van der Waals surface area contributed by atoms with E-state index in [2.05, 4.69) is 10.3 Å². The summed E-state index contributed by atoms with van der Waals surface area (Å²) in [5.41, 5.74) is 4.26. The highest BCUT2D eigenvalue weighted by molar-refractivity contribution is 7.07. The van der Waals surface area contributed by atoms with E-state index in [-0.39, 0.29) is 24.3 Å². The molecule has 3 aromatic rings. The van der Waals surface area contributed by atoms with Gasteiger partial charge in [0.1, 0.15) is 11.9 Å². The predicted molar refractivity (Wildman–Crippen MR) is 129 cm³/mol. The Morgan fingerprint density at radius 3 is 2.64 bits per heavy atom. The number of amides is 2. The minimum atomic E-state index is -0.916. The Bertz CT molecular complexity index is 1100. The van der Waals surface area contributed by atoms with Crippen molar-refractivity contribution in [3.63, 3.8) is 0 Å². The number of hydrogen-bond acceptors (Lipinski definition) is 4. The number of carbonyl (C=O) groups is 2. The number of aryl methyl sites for hydroxylation is 1. The summed E-state index contributed by atoms with van der Waals surface area (Å²) in [6.07, 6.45) is 5.22. The Kier molecular flexibility index (Phi) is 7.50. The molecule has 5 nitrogen and oxygen atoms in total. The Labute approximate surface area is 197 Å². The molecule has 1 atom stereocenters. The number of aromatic nitrogens is 1. The second kappa shape index (κ2) is 10.7. The Hall–Kier alpha value is -3.06. The van der Waals surface area contributed by atoms with Gasteiger partial charge in [-0.3, -0.25) is 14.5 Å². The molecule has 4 rings (SSSR count). The zero-order chi connectivity index (χ0) is 23.2. The number of nitrogens with zero attached hydrogens (tertiary/aromatic N) is 2. The van der Waals surface area contributed by atoms with E-state index < -0.39 is 11.9 Å². The molecule has 1 fully saturated rings. The van der Waals surface area contributed by atoms with Gasteiger partial charge < -0.3 is 5.32 Å². The second-order valence-corrected chi connectivity index (χ2v) is 9.22. The van der Waals surface area contributed by atoms with Gasteiger partial charge in [0, 0.05) is 17.1 Å². The number of halogens is 1. The van der Waals surface area contributed by atoms with Crippen molar-refractivity contribution in [2.45, 2.75) is 57.5 Å². The Balaban J connectivity index is 1.76. The fourth-order valence-corrected chi connectivity index (χ4v) is 5.00. The van der Waals surface area contributed by atoms with Crippen LogP contribution in [0.5, 0.6) is 0 Å². The van der Waals surface area contributed by atoms with E-state index in [0.29, 0.717) is 11.4 Å². The van der Waals surface area contributed by atoms with Crippen LogP contribution >= 0.6 is 11.3 Å². The number of hydrogen-bond donors (Lipinski definition) is 1. The second-order valence-electron chi connectivity index (χ2n) is 8.50. The molecule has 2 aromatic carbocycles. The molecular weight excluding hydrogens is 437 g/mol. The van der Waals surface area contributed by atoms with Gasteiger partial charge in [0.15, 0.2) is 0 Å². The molecule has 172 valence electrons. The van der Waals surface area contributed by atoms with Gasteiger partial charge in [-0.05, 0) is 49.1 Å². The van der Waals surface area contributed by atoms with Crippen molar-refractivity contribution in [3.8, 4) is 0 Å². The van der Waals surface area contributed by atoms with Crippen LogP contribution in [-0.2, 0) is 16.0 Å². The van der Waals surface area contributed by atoms with Gasteiger partial charge in [-0.25, -0.2) is 9.37 Å². The van der Waals surface area contributed by atoms with Crippen molar-refractivity contribution in [2.24, 2.45) is 0 Å². The summed E-state index contributed by atoms with van der Waals surface area (Å²) in [4.78, 5) is 33.1. The first kappa shape index (κ1) is 23.1. The lowest BCUT2D eigenvalue weighted by atomic mass is 9.93. The van der Waals surface area contributed by atoms with Crippen molar-refractivity contribution in [1.29, 1.82) is 0 Å². The molecule has 0 aliphatic heterocycles. The normalized spacial score (nSPS) is 15.1. The fourth-order valence-electron chi connectivity index (χ4n) is 4.45. The van der Waals surface area contributed by atoms with Gasteiger partial charge in [0.25, 0.3) is 0 Å². The third-order valence-electron chi connectivity index (χ3n) is 6.11. The SMILES string of the molecule is Cc1ccccc1C(C(=O)NC1CCCCC1)N(C(=O)Cc1cscn1)c1cccc(F)c1. The lowest BCUT2D eigenvalue weighted by Gasteiger charge is -2.34. The van der Waals surface area contributed by atoms with Crippen LogP contribution in [0.1, 0.15) is 55.0 Å².